The molecule has 148 valence electrons. The molecule has 6 nitrogen and oxygen atoms in total. The molecule has 2 rings (SSSR count). The largest absolute Gasteiger partial charge is 0.356 e. The van der Waals surface area contributed by atoms with Gasteiger partial charge >= 0.3 is 0 Å². The SMILES string of the molecule is CN=C(NCCc1ccc(F)cc1C)NC[C@H]1CCCN1S(C)(=O)=O.I. The van der Waals surface area contributed by atoms with Gasteiger partial charge in [-0.15, -0.1) is 24.0 Å². The number of nitrogens with zero attached hydrogens (tertiary/aromatic N) is 2. The number of nitrogens with one attached hydrogen (secondary N) is 2. The van der Waals surface area contributed by atoms with Gasteiger partial charge in [0.1, 0.15) is 5.82 Å². The Morgan fingerprint density at radius 2 is 2.12 bits per heavy atom. The van der Waals surface area contributed by atoms with Gasteiger partial charge in [-0.1, -0.05) is 6.07 Å². The zero-order valence-electron chi connectivity index (χ0n) is 15.5. The normalized spacial score (nSPS) is 18.5. The van der Waals surface area contributed by atoms with Crippen molar-refractivity contribution < 1.29 is 12.8 Å². The highest BCUT2D eigenvalue weighted by Gasteiger charge is 2.31. The Morgan fingerprint density at radius 3 is 2.73 bits per heavy atom. The van der Waals surface area contributed by atoms with Crippen LogP contribution in [-0.4, -0.2) is 57.7 Å². The van der Waals surface area contributed by atoms with E-state index in [2.05, 4.69) is 15.6 Å². The van der Waals surface area contributed by atoms with Crippen LogP contribution in [0.5, 0.6) is 0 Å². The van der Waals surface area contributed by atoms with E-state index in [0.29, 0.717) is 25.6 Å². The zero-order valence-corrected chi connectivity index (χ0v) is 18.6. The Labute approximate surface area is 172 Å². The summed E-state index contributed by atoms with van der Waals surface area (Å²) in [6.07, 6.45) is 3.75. The summed E-state index contributed by atoms with van der Waals surface area (Å²) in [5, 5.41) is 6.41. The first kappa shape index (κ1) is 23.1. The zero-order chi connectivity index (χ0) is 18.4. The van der Waals surface area contributed by atoms with E-state index in [9.17, 15) is 12.8 Å². The predicted octanol–water partition coefficient (Wildman–Crippen LogP) is 1.88. The fraction of sp³-hybridized carbons (Fsp3) is 0.588. The van der Waals surface area contributed by atoms with Gasteiger partial charge in [0.15, 0.2) is 5.96 Å². The molecule has 0 amide bonds. The third-order valence-electron chi connectivity index (χ3n) is 4.47. The average molecular weight is 498 g/mol. The second-order valence-electron chi connectivity index (χ2n) is 6.37. The quantitative estimate of drug-likeness (QED) is 0.357. The number of aliphatic imine (C=N–C) groups is 1. The molecule has 1 fully saturated rings. The average Bonchev–Trinajstić information content (AvgIpc) is 3.01. The van der Waals surface area contributed by atoms with Gasteiger partial charge in [-0.25, -0.2) is 12.8 Å². The second-order valence-corrected chi connectivity index (χ2v) is 8.31. The van der Waals surface area contributed by atoms with Crippen molar-refractivity contribution in [1.29, 1.82) is 0 Å². The van der Waals surface area contributed by atoms with Crippen LogP contribution in [0, 0.1) is 12.7 Å². The Morgan fingerprint density at radius 1 is 1.38 bits per heavy atom. The van der Waals surface area contributed by atoms with Gasteiger partial charge in [-0.2, -0.15) is 4.31 Å². The lowest BCUT2D eigenvalue weighted by molar-refractivity contribution is 0.387. The van der Waals surface area contributed by atoms with Crippen molar-refractivity contribution in [3.63, 3.8) is 0 Å². The molecule has 2 N–H and O–H groups in total. The Hall–Kier alpha value is -0.940. The Kier molecular flexibility index (Phi) is 9.25. The summed E-state index contributed by atoms with van der Waals surface area (Å²) in [7, 11) is -1.48. The Balaban J connectivity index is 0.00000338. The molecule has 1 aliphatic heterocycles. The molecule has 1 heterocycles. The van der Waals surface area contributed by atoms with Gasteiger partial charge in [0.05, 0.1) is 6.26 Å². The highest BCUT2D eigenvalue weighted by atomic mass is 127. The van der Waals surface area contributed by atoms with E-state index >= 15 is 0 Å². The highest BCUT2D eigenvalue weighted by molar-refractivity contribution is 14.0. The lowest BCUT2D eigenvalue weighted by Crippen LogP contribution is -2.46. The van der Waals surface area contributed by atoms with Gasteiger partial charge in [0.25, 0.3) is 0 Å². The molecule has 0 aliphatic carbocycles. The third-order valence-corrected chi connectivity index (χ3v) is 5.80. The summed E-state index contributed by atoms with van der Waals surface area (Å²) in [6, 6.07) is 4.76. The van der Waals surface area contributed by atoms with E-state index < -0.39 is 10.0 Å². The van der Waals surface area contributed by atoms with E-state index in [1.807, 2.05) is 6.92 Å². The molecule has 0 spiro atoms. The maximum atomic E-state index is 13.1. The second kappa shape index (κ2) is 10.4. The number of hydrogen-bond donors (Lipinski definition) is 2. The molecule has 0 radical (unpaired) electrons. The topological polar surface area (TPSA) is 73.8 Å². The predicted molar refractivity (Wildman–Crippen MR) is 114 cm³/mol. The van der Waals surface area contributed by atoms with E-state index in [-0.39, 0.29) is 35.8 Å². The number of sulfonamides is 1. The monoisotopic (exact) mass is 498 g/mol. The molecule has 1 aliphatic rings. The minimum Gasteiger partial charge on any atom is -0.356 e. The van der Waals surface area contributed by atoms with Crippen LogP contribution in [0.4, 0.5) is 4.39 Å². The van der Waals surface area contributed by atoms with Crippen molar-refractivity contribution in [2.75, 3.05) is 32.9 Å². The van der Waals surface area contributed by atoms with Gasteiger partial charge < -0.3 is 10.6 Å². The maximum Gasteiger partial charge on any atom is 0.211 e. The standard InChI is InChI=1S/C17H27FN4O2S.HI/c1-13-11-15(18)7-6-14(13)8-9-20-17(19-2)21-12-16-5-4-10-22(16)25(3,23)24;/h6-7,11,16H,4-5,8-10,12H2,1-3H3,(H2,19,20,21);1H/t16-;/m1./s1. The molecular weight excluding hydrogens is 470 g/mol. The fourth-order valence-corrected chi connectivity index (χ4v) is 4.32. The first-order chi connectivity index (χ1) is 11.8. The van der Waals surface area contributed by atoms with E-state index in [1.165, 1.54) is 18.4 Å². The first-order valence-corrected chi connectivity index (χ1v) is 10.3. The van der Waals surface area contributed by atoms with Gasteiger partial charge in [0, 0.05) is 32.7 Å². The summed E-state index contributed by atoms with van der Waals surface area (Å²) in [5.41, 5.74) is 2.02. The van der Waals surface area contributed by atoms with Gasteiger partial charge in [-0.3, -0.25) is 4.99 Å². The number of benzene rings is 1. The van der Waals surface area contributed by atoms with Crippen molar-refractivity contribution in [2.45, 2.75) is 32.2 Å². The molecule has 1 aromatic carbocycles. The van der Waals surface area contributed by atoms with Crippen molar-refractivity contribution in [3.8, 4) is 0 Å². The van der Waals surface area contributed by atoms with E-state index in [1.54, 1.807) is 17.4 Å². The summed E-state index contributed by atoms with van der Waals surface area (Å²) in [5.74, 6) is 0.416. The van der Waals surface area contributed by atoms with Crippen LogP contribution in [0.2, 0.25) is 0 Å². The minimum atomic E-state index is -3.17. The van der Waals surface area contributed by atoms with E-state index in [0.717, 1.165) is 30.4 Å². The number of guanidine groups is 1. The molecule has 26 heavy (non-hydrogen) atoms. The molecule has 0 aromatic heterocycles. The third kappa shape index (κ3) is 6.66. The maximum absolute atomic E-state index is 13.1. The van der Waals surface area contributed by atoms with Gasteiger partial charge in [0.2, 0.25) is 10.0 Å². The highest BCUT2D eigenvalue weighted by Crippen LogP contribution is 2.19. The molecule has 0 unspecified atom stereocenters. The molecule has 1 aromatic rings. The summed E-state index contributed by atoms with van der Waals surface area (Å²) < 4.78 is 38.2. The van der Waals surface area contributed by atoms with Gasteiger partial charge in [-0.05, 0) is 49.4 Å². The molecule has 0 saturated carbocycles. The van der Waals surface area contributed by atoms with Crippen molar-refractivity contribution >= 4 is 40.0 Å². The van der Waals surface area contributed by atoms with Crippen LogP contribution in [0.3, 0.4) is 0 Å². The number of aryl methyl sites for hydroxylation is 1. The van der Waals surface area contributed by atoms with Crippen molar-refractivity contribution in [1.82, 2.24) is 14.9 Å². The van der Waals surface area contributed by atoms with Crippen LogP contribution in [0.25, 0.3) is 0 Å². The van der Waals surface area contributed by atoms with Crippen LogP contribution in [0.15, 0.2) is 23.2 Å². The summed E-state index contributed by atoms with van der Waals surface area (Å²) >= 11 is 0. The molecule has 9 heteroatoms. The molecule has 1 atom stereocenters. The number of halogens is 2. The van der Waals surface area contributed by atoms with E-state index in [4.69, 9.17) is 0 Å². The Bertz CT molecular complexity index is 727. The minimum absolute atomic E-state index is 0. The first-order valence-electron chi connectivity index (χ1n) is 8.47. The van der Waals surface area contributed by atoms with Crippen LogP contribution in [-0.2, 0) is 16.4 Å². The molecule has 1 saturated heterocycles. The lowest BCUT2D eigenvalue weighted by Gasteiger charge is -2.23. The summed E-state index contributed by atoms with van der Waals surface area (Å²) in [6.45, 7) is 3.67. The lowest BCUT2D eigenvalue weighted by atomic mass is 10.1. The fourth-order valence-electron chi connectivity index (χ4n) is 3.14. The summed E-state index contributed by atoms with van der Waals surface area (Å²) in [4.78, 5) is 4.17. The smallest absolute Gasteiger partial charge is 0.211 e. The number of rotatable bonds is 6. The number of hydrogen-bond acceptors (Lipinski definition) is 3. The van der Waals surface area contributed by atoms with Crippen LogP contribution in [0.1, 0.15) is 24.0 Å². The van der Waals surface area contributed by atoms with Crippen molar-refractivity contribution in [3.05, 3.63) is 35.1 Å². The molecule has 0 bridgehead atoms. The van der Waals surface area contributed by atoms with Crippen LogP contribution >= 0.6 is 24.0 Å². The van der Waals surface area contributed by atoms with Crippen molar-refractivity contribution in [2.24, 2.45) is 4.99 Å². The molecular formula is C17H28FIN4O2S. The van der Waals surface area contributed by atoms with Crippen LogP contribution < -0.4 is 10.6 Å².